The van der Waals surface area contributed by atoms with Gasteiger partial charge >= 0.3 is 5.97 Å². The molecule has 0 aliphatic carbocycles. The minimum Gasteiger partial charge on any atom is -0.497 e. The van der Waals surface area contributed by atoms with E-state index in [1.807, 2.05) is 0 Å². The molecule has 2 atom stereocenters. The van der Waals surface area contributed by atoms with Crippen LogP contribution in [-0.4, -0.2) is 67.7 Å². The fraction of sp³-hybridized carbons (Fsp3) is 0.474. The van der Waals surface area contributed by atoms with Crippen LogP contribution < -0.4 is 10.1 Å². The van der Waals surface area contributed by atoms with E-state index in [2.05, 4.69) is 10.4 Å². The van der Waals surface area contributed by atoms with Gasteiger partial charge in [-0.3, -0.25) is 9.59 Å². The second kappa shape index (κ2) is 8.82. The lowest BCUT2D eigenvalue weighted by Crippen LogP contribution is -2.42. The first-order valence-corrected chi connectivity index (χ1v) is 11.3. The molecule has 0 bridgehead atoms. The quantitative estimate of drug-likeness (QED) is 0.649. The van der Waals surface area contributed by atoms with Crippen LogP contribution in [-0.2, 0) is 29.0 Å². The van der Waals surface area contributed by atoms with Crippen molar-refractivity contribution in [2.75, 3.05) is 23.9 Å². The third-order valence-electron chi connectivity index (χ3n) is 4.84. The van der Waals surface area contributed by atoms with E-state index in [4.69, 9.17) is 9.47 Å². The van der Waals surface area contributed by atoms with Gasteiger partial charge in [0.25, 0.3) is 5.91 Å². The van der Waals surface area contributed by atoms with Crippen molar-refractivity contribution in [3.05, 3.63) is 24.3 Å². The number of sulfone groups is 1. The Balaban J connectivity index is 1.63. The third-order valence-corrected chi connectivity index (χ3v) is 6.59. The fourth-order valence-corrected chi connectivity index (χ4v) is 4.89. The van der Waals surface area contributed by atoms with Gasteiger partial charge in [-0.1, -0.05) is 6.07 Å². The Hall–Kier alpha value is -2.95. The molecule has 0 saturated carbocycles. The van der Waals surface area contributed by atoms with Crippen LogP contribution in [0.2, 0.25) is 0 Å². The van der Waals surface area contributed by atoms with Crippen molar-refractivity contribution in [1.82, 2.24) is 5.01 Å². The van der Waals surface area contributed by atoms with Crippen LogP contribution in [0.25, 0.3) is 0 Å². The summed E-state index contributed by atoms with van der Waals surface area (Å²) >= 11 is 0. The van der Waals surface area contributed by atoms with Crippen LogP contribution in [0, 0.1) is 0 Å². The molecule has 30 heavy (non-hydrogen) atoms. The lowest BCUT2D eigenvalue weighted by atomic mass is 10.1. The number of ether oxygens (including phenoxy) is 2. The number of methoxy groups -OCH3 is 1. The molecule has 1 aromatic rings. The summed E-state index contributed by atoms with van der Waals surface area (Å²) in [7, 11) is -1.71. The number of esters is 1. The van der Waals surface area contributed by atoms with E-state index in [9.17, 15) is 22.8 Å². The molecule has 162 valence electrons. The maximum Gasteiger partial charge on any atom is 0.355 e. The van der Waals surface area contributed by atoms with Crippen molar-refractivity contribution >= 4 is 39.0 Å². The van der Waals surface area contributed by atoms with Crippen LogP contribution in [0.3, 0.4) is 0 Å². The Morgan fingerprint density at radius 3 is 2.73 bits per heavy atom. The molecule has 0 unspecified atom stereocenters. The Morgan fingerprint density at radius 2 is 2.07 bits per heavy atom. The number of amides is 2. The molecule has 0 aromatic heterocycles. The standard InChI is InChI=1S/C19H23N3O7S/c1-12(18(24)20-13-4-3-5-15(10-13)28-2)29-19(25)16-6-7-17(23)22(21-16)14-8-9-30(26,27)11-14/h3-5,10,12,14H,6-9,11H2,1-2H3,(H,20,24)/t12-,14-/m1/s1. The van der Waals surface area contributed by atoms with Crippen LogP contribution in [0.5, 0.6) is 5.75 Å². The minimum absolute atomic E-state index is 0.0140. The predicted octanol–water partition coefficient (Wildman–Crippen LogP) is 0.731. The number of carbonyl (C=O) groups excluding carboxylic acids is 3. The number of anilines is 1. The molecule has 1 N–H and O–H groups in total. The number of nitrogens with one attached hydrogen (secondary N) is 1. The summed E-state index contributed by atoms with van der Waals surface area (Å²) in [5.41, 5.74) is 0.469. The molecule has 0 spiro atoms. The zero-order valence-corrected chi connectivity index (χ0v) is 17.5. The first-order valence-electron chi connectivity index (χ1n) is 9.44. The average Bonchev–Trinajstić information content (AvgIpc) is 3.07. The lowest BCUT2D eigenvalue weighted by Gasteiger charge is -2.27. The normalized spacial score (nSPS) is 21.5. The first kappa shape index (κ1) is 21.8. The molecular weight excluding hydrogens is 414 g/mol. The highest BCUT2D eigenvalue weighted by molar-refractivity contribution is 7.91. The van der Waals surface area contributed by atoms with Crippen LogP contribution in [0.4, 0.5) is 5.69 Å². The summed E-state index contributed by atoms with van der Waals surface area (Å²) in [6.45, 7) is 1.42. The fourth-order valence-electron chi connectivity index (χ4n) is 3.20. The van der Waals surface area contributed by atoms with Gasteiger partial charge in [-0.2, -0.15) is 5.10 Å². The summed E-state index contributed by atoms with van der Waals surface area (Å²) in [5.74, 6) is -1.32. The molecule has 10 nitrogen and oxygen atoms in total. The number of benzene rings is 1. The van der Waals surface area contributed by atoms with Crippen molar-refractivity contribution in [3.8, 4) is 5.75 Å². The van der Waals surface area contributed by atoms with Gasteiger partial charge < -0.3 is 14.8 Å². The zero-order valence-electron chi connectivity index (χ0n) is 16.7. The Bertz CT molecular complexity index is 990. The average molecular weight is 437 g/mol. The van der Waals surface area contributed by atoms with Gasteiger partial charge in [-0.05, 0) is 25.5 Å². The van der Waals surface area contributed by atoms with E-state index in [1.165, 1.54) is 14.0 Å². The number of rotatable bonds is 6. The van der Waals surface area contributed by atoms with Crippen molar-refractivity contribution < 1.29 is 32.3 Å². The molecule has 0 radical (unpaired) electrons. The van der Waals surface area contributed by atoms with Gasteiger partial charge in [0.1, 0.15) is 11.5 Å². The van der Waals surface area contributed by atoms with Gasteiger partial charge in [-0.25, -0.2) is 18.2 Å². The maximum atomic E-state index is 12.5. The van der Waals surface area contributed by atoms with E-state index in [0.29, 0.717) is 11.4 Å². The number of carbonyl (C=O) groups is 3. The van der Waals surface area contributed by atoms with Gasteiger partial charge in [-0.15, -0.1) is 0 Å². The van der Waals surface area contributed by atoms with Crippen molar-refractivity contribution in [2.45, 2.75) is 38.3 Å². The van der Waals surface area contributed by atoms with Gasteiger partial charge in [0.2, 0.25) is 5.91 Å². The molecule has 11 heteroatoms. The van der Waals surface area contributed by atoms with Gasteiger partial charge in [0.15, 0.2) is 15.9 Å². The Labute approximate surface area is 174 Å². The molecule has 2 aliphatic rings. The summed E-state index contributed by atoms with van der Waals surface area (Å²) < 4.78 is 33.7. The highest BCUT2D eigenvalue weighted by Crippen LogP contribution is 2.22. The van der Waals surface area contributed by atoms with Crippen LogP contribution in [0.15, 0.2) is 29.4 Å². The monoisotopic (exact) mass is 437 g/mol. The van der Waals surface area contributed by atoms with E-state index in [0.717, 1.165) is 5.01 Å². The number of hydrazone groups is 1. The topological polar surface area (TPSA) is 131 Å². The Kier molecular flexibility index (Phi) is 6.40. The van der Waals surface area contributed by atoms with Gasteiger partial charge in [0, 0.05) is 24.6 Å². The minimum atomic E-state index is -3.21. The van der Waals surface area contributed by atoms with Crippen LogP contribution >= 0.6 is 0 Å². The summed E-state index contributed by atoms with van der Waals surface area (Å²) in [6.07, 6.45) is -0.740. The summed E-state index contributed by atoms with van der Waals surface area (Å²) in [4.78, 5) is 36.9. The van der Waals surface area contributed by atoms with E-state index in [1.54, 1.807) is 24.3 Å². The SMILES string of the molecule is COc1cccc(NC(=O)[C@@H](C)OC(=O)C2=NN([C@@H]3CCS(=O)(=O)C3)C(=O)CC2)c1. The third kappa shape index (κ3) is 5.15. The number of nitrogens with zero attached hydrogens (tertiary/aromatic N) is 2. The Morgan fingerprint density at radius 1 is 1.30 bits per heavy atom. The van der Waals surface area contributed by atoms with Crippen molar-refractivity contribution in [1.29, 1.82) is 0 Å². The van der Waals surface area contributed by atoms with Crippen LogP contribution in [0.1, 0.15) is 26.2 Å². The van der Waals surface area contributed by atoms with Crippen molar-refractivity contribution in [3.63, 3.8) is 0 Å². The highest BCUT2D eigenvalue weighted by Gasteiger charge is 2.37. The first-order chi connectivity index (χ1) is 14.2. The van der Waals surface area contributed by atoms with Crippen molar-refractivity contribution in [2.24, 2.45) is 5.10 Å². The molecule has 2 amide bonds. The number of hydrogen-bond acceptors (Lipinski definition) is 8. The second-order valence-corrected chi connectivity index (χ2v) is 9.34. The second-order valence-electron chi connectivity index (χ2n) is 7.11. The zero-order chi connectivity index (χ0) is 21.9. The largest absolute Gasteiger partial charge is 0.497 e. The van der Waals surface area contributed by atoms with E-state index >= 15 is 0 Å². The van der Waals surface area contributed by atoms with E-state index < -0.39 is 33.9 Å². The molecule has 2 aliphatic heterocycles. The molecule has 1 saturated heterocycles. The predicted molar refractivity (Wildman–Crippen MR) is 108 cm³/mol. The summed E-state index contributed by atoms with van der Waals surface area (Å²) in [6, 6.07) is 6.13. The lowest BCUT2D eigenvalue weighted by molar-refractivity contribution is -0.147. The molecular formula is C19H23N3O7S. The van der Waals surface area contributed by atoms with E-state index in [-0.39, 0.29) is 42.4 Å². The molecule has 1 aromatic carbocycles. The molecule has 3 rings (SSSR count). The highest BCUT2D eigenvalue weighted by atomic mass is 32.2. The molecule has 1 fully saturated rings. The van der Waals surface area contributed by atoms with Gasteiger partial charge in [0.05, 0.1) is 24.7 Å². The summed E-state index contributed by atoms with van der Waals surface area (Å²) in [5, 5.41) is 7.74. The maximum absolute atomic E-state index is 12.5. The molecule has 2 heterocycles. The smallest absolute Gasteiger partial charge is 0.355 e. The number of hydrogen-bond donors (Lipinski definition) is 1.